The minimum Gasteiger partial charge on any atom is -0.427 e. The average molecular weight is 471 g/mol. The van der Waals surface area contributed by atoms with Gasteiger partial charge >= 0.3 is 5.97 Å². The van der Waals surface area contributed by atoms with Crippen LogP contribution in [0.2, 0.25) is 5.02 Å². The molecule has 164 valence electrons. The molecule has 0 aliphatic carbocycles. The minimum absolute atomic E-state index is 0.0106. The molecule has 0 spiro atoms. The number of nitrogens with one attached hydrogen (secondary N) is 1. The van der Waals surface area contributed by atoms with Crippen molar-refractivity contribution >= 4 is 51.5 Å². The third-order valence-corrected chi connectivity index (χ3v) is 6.39. The van der Waals surface area contributed by atoms with Crippen LogP contribution in [0, 0.1) is 6.92 Å². The predicted octanol–water partition coefficient (Wildman–Crippen LogP) is 4.20. The molecule has 10 heteroatoms. The van der Waals surface area contributed by atoms with Crippen LogP contribution in [0.25, 0.3) is 0 Å². The zero-order chi connectivity index (χ0) is 22.8. The summed E-state index contributed by atoms with van der Waals surface area (Å²) in [6, 6.07) is 11.7. The molecule has 1 aliphatic heterocycles. The van der Waals surface area contributed by atoms with Crippen molar-refractivity contribution in [2.24, 2.45) is 0 Å². The molecule has 1 aromatic heterocycles. The number of anilines is 2. The van der Waals surface area contributed by atoms with Crippen molar-refractivity contribution < 1.29 is 19.1 Å². The number of rotatable bonds is 5. The predicted molar refractivity (Wildman–Crippen MR) is 122 cm³/mol. The Balaban J connectivity index is 1.41. The van der Waals surface area contributed by atoms with Crippen LogP contribution in [0.5, 0.6) is 5.75 Å². The molecule has 8 nitrogen and oxygen atoms in total. The fourth-order valence-electron chi connectivity index (χ4n) is 3.33. The van der Waals surface area contributed by atoms with Crippen molar-refractivity contribution in [2.75, 3.05) is 16.8 Å². The van der Waals surface area contributed by atoms with Gasteiger partial charge in [0.1, 0.15) is 10.8 Å². The molecular weight excluding hydrogens is 452 g/mol. The lowest BCUT2D eigenvalue weighted by Crippen LogP contribution is -2.24. The van der Waals surface area contributed by atoms with E-state index in [-0.39, 0.29) is 17.7 Å². The lowest BCUT2D eigenvalue weighted by Gasteiger charge is -2.17. The first-order chi connectivity index (χ1) is 15.3. The van der Waals surface area contributed by atoms with E-state index < -0.39 is 5.97 Å². The number of amides is 2. The Bertz CT molecular complexity index is 1190. The molecule has 0 saturated carbocycles. The zero-order valence-electron chi connectivity index (χ0n) is 17.3. The first kappa shape index (κ1) is 21.9. The van der Waals surface area contributed by atoms with E-state index in [2.05, 4.69) is 15.5 Å². The van der Waals surface area contributed by atoms with E-state index in [9.17, 15) is 14.4 Å². The summed E-state index contributed by atoms with van der Waals surface area (Å²) in [7, 11) is 0. The highest BCUT2D eigenvalue weighted by Gasteiger charge is 2.34. The molecule has 1 aliphatic rings. The number of hydrogen-bond acceptors (Lipinski definition) is 7. The van der Waals surface area contributed by atoms with E-state index in [1.54, 1.807) is 23.1 Å². The Morgan fingerprint density at radius 1 is 1.19 bits per heavy atom. The lowest BCUT2D eigenvalue weighted by atomic mass is 10.1. The second-order valence-corrected chi connectivity index (χ2v) is 8.77. The van der Waals surface area contributed by atoms with Gasteiger partial charge in [0.05, 0.1) is 0 Å². The third kappa shape index (κ3) is 4.79. The number of ether oxygens (including phenoxy) is 1. The monoisotopic (exact) mass is 470 g/mol. The Morgan fingerprint density at radius 3 is 2.62 bits per heavy atom. The van der Waals surface area contributed by atoms with Crippen molar-refractivity contribution in [3.63, 3.8) is 0 Å². The fraction of sp³-hybridized carbons (Fsp3) is 0.227. The molecule has 1 N–H and O–H groups in total. The van der Waals surface area contributed by atoms with Gasteiger partial charge in [0.25, 0.3) is 5.91 Å². The summed E-state index contributed by atoms with van der Waals surface area (Å²) in [5.74, 6) is -0.562. The van der Waals surface area contributed by atoms with Crippen LogP contribution in [0.1, 0.15) is 40.2 Å². The summed E-state index contributed by atoms with van der Waals surface area (Å²) >= 11 is 7.45. The molecule has 2 aromatic carbocycles. The standard InChI is InChI=1S/C22H19ClN4O4S/c1-12-3-6-16(10-18(12)23)27-11-15(9-19(27)29)21-25-26-22(32-21)24-20(30)14-4-7-17(8-5-14)31-13(2)28/h3-8,10,15H,9,11H2,1-2H3,(H,24,26,30). The minimum atomic E-state index is -0.432. The SMILES string of the molecule is CC(=O)Oc1ccc(C(=O)Nc2nnc(C3CC(=O)N(c4ccc(C)c(Cl)c4)C3)s2)cc1. The van der Waals surface area contributed by atoms with E-state index in [1.165, 1.54) is 30.4 Å². The number of aromatic nitrogens is 2. The van der Waals surface area contributed by atoms with Crippen LogP contribution >= 0.6 is 22.9 Å². The smallest absolute Gasteiger partial charge is 0.308 e. The van der Waals surface area contributed by atoms with Crippen molar-refractivity contribution in [1.82, 2.24) is 10.2 Å². The maximum atomic E-state index is 12.6. The highest BCUT2D eigenvalue weighted by atomic mass is 35.5. The molecule has 2 amide bonds. The summed E-state index contributed by atoms with van der Waals surface area (Å²) in [6.07, 6.45) is 0.311. The average Bonchev–Trinajstić information content (AvgIpc) is 3.36. The Kier molecular flexibility index (Phi) is 6.20. The summed E-state index contributed by atoms with van der Waals surface area (Å²) in [5.41, 5.74) is 2.09. The van der Waals surface area contributed by atoms with Crippen molar-refractivity contribution in [3.8, 4) is 5.75 Å². The van der Waals surface area contributed by atoms with Gasteiger partial charge in [-0.15, -0.1) is 10.2 Å². The number of esters is 1. The normalized spacial score (nSPS) is 15.7. The van der Waals surface area contributed by atoms with Gasteiger partial charge in [0, 0.05) is 42.1 Å². The van der Waals surface area contributed by atoms with E-state index in [0.29, 0.717) is 39.4 Å². The Labute approximate surface area is 193 Å². The van der Waals surface area contributed by atoms with Crippen molar-refractivity contribution in [3.05, 3.63) is 63.6 Å². The quantitative estimate of drug-likeness (QED) is 0.443. The first-order valence-electron chi connectivity index (χ1n) is 9.80. The molecular formula is C22H19ClN4O4S. The molecule has 2 heterocycles. The molecule has 3 aromatic rings. The second kappa shape index (κ2) is 9.05. The van der Waals surface area contributed by atoms with Crippen LogP contribution in [0.4, 0.5) is 10.8 Å². The van der Waals surface area contributed by atoms with Crippen LogP contribution in [-0.4, -0.2) is 34.5 Å². The second-order valence-electron chi connectivity index (χ2n) is 7.36. The van der Waals surface area contributed by atoms with Gasteiger partial charge in [-0.3, -0.25) is 19.7 Å². The number of carbonyl (C=O) groups excluding carboxylic acids is 3. The first-order valence-corrected chi connectivity index (χ1v) is 11.0. The van der Waals surface area contributed by atoms with Crippen molar-refractivity contribution in [2.45, 2.75) is 26.2 Å². The van der Waals surface area contributed by atoms with E-state index >= 15 is 0 Å². The van der Waals surface area contributed by atoms with Gasteiger partial charge in [-0.05, 0) is 48.9 Å². The largest absolute Gasteiger partial charge is 0.427 e. The maximum Gasteiger partial charge on any atom is 0.308 e. The number of halogens is 1. The number of benzene rings is 2. The number of hydrogen-bond donors (Lipinski definition) is 1. The zero-order valence-corrected chi connectivity index (χ0v) is 18.9. The van der Waals surface area contributed by atoms with Crippen LogP contribution in [-0.2, 0) is 9.59 Å². The summed E-state index contributed by atoms with van der Waals surface area (Å²) in [4.78, 5) is 37.7. The molecule has 4 rings (SSSR count). The van der Waals surface area contributed by atoms with Gasteiger partial charge < -0.3 is 9.64 Å². The molecule has 0 radical (unpaired) electrons. The summed E-state index contributed by atoms with van der Waals surface area (Å²) < 4.78 is 4.96. The van der Waals surface area contributed by atoms with Gasteiger partial charge in [-0.25, -0.2) is 0 Å². The summed E-state index contributed by atoms with van der Waals surface area (Å²) in [5, 5.41) is 12.6. The molecule has 1 fully saturated rings. The summed E-state index contributed by atoms with van der Waals surface area (Å²) in [6.45, 7) is 3.69. The van der Waals surface area contributed by atoms with Crippen LogP contribution in [0.15, 0.2) is 42.5 Å². The van der Waals surface area contributed by atoms with Gasteiger partial charge in [0.15, 0.2) is 0 Å². The van der Waals surface area contributed by atoms with Crippen molar-refractivity contribution in [1.29, 1.82) is 0 Å². The number of carbonyl (C=O) groups is 3. The third-order valence-electron chi connectivity index (χ3n) is 4.98. The fourth-order valence-corrected chi connectivity index (χ4v) is 4.34. The van der Waals surface area contributed by atoms with Crippen LogP contribution < -0.4 is 15.0 Å². The van der Waals surface area contributed by atoms with Crippen LogP contribution in [0.3, 0.4) is 0 Å². The highest BCUT2D eigenvalue weighted by Crippen LogP contribution is 2.35. The molecule has 0 bridgehead atoms. The van der Waals surface area contributed by atoms with E-state index in [1.807, 2.05) is 19.1 Å². The molecule has 1 saturated heterocycles. The molecule has 1 atom stereocenters. The maximum absolute atomic E-state index is 12.6. The van der Waals surface area contributed by atoms with E-state index in [4.69, 9.17) is 16.3 Å². The van der Waals surface area contributed by atoms with E-state index in [0.717, 1.165) is 11.3 Å². The molecule has 1 unspecified atom stereocenters. The topological polar surface area (TPSA) is 101 Å². The van der Waals surface area contributed by atoms with Gasteiger partial charge in [-0.2, -0.15) is 0 Å². The Morgan fingerprint density at radius 2 is 1.94 bits per heavy atom. The van der Waals surface area contributed by atoms with Gasteiger partial charge in [0.2, 0.25) is 11.0 Å². The van der Waals surface area contributed by atoms with Gasteiger partial charge in [-0.1, -0.05) is 29.0 Å². The highest BCUT2D eigenvalue weighted by molar-refractivity contribution is 7.15. The lowest BCUT2D eigenvalue weighted by molar-refractivity contribution is -0.131. The number of nitrogens with zero attached hydrogens (tertiary/aromatic N) is 3. The Hall–Kier alpha value is -3.30. The molecule has 32 heavy (non-hydrogen) atoms. The number of aryl methyl sites for hydroxylation is 1.